The molecule has 0 aliphatic carbocycles. The van der Waals surface area contributed by atoms with Crippen LogP contribution in [0.25, 0.3) is 0 Å². The average Bonchev–Trinajstić information content (AvgIpc) is 2.24. The van der Waals surface area contributed by atoms with Gasteiger partial charge in [-0.1, -0.05) is 18.2 Å². The van der Waals surface area contributed by atoms with Crippen LogP contribution < -0.4 is 10.7 Å². The zero-order valence-corrected chi connectivity index (χ0v) is 9.80. The van der Waals surface area contributed by atoms with Crippen LogP contribution in [0, 0.1) is 20.2 Å². The first kappa shape index (κ1) is 16.5. The molecule has 0 aliphatic heterocycles. The van der Waals surface area contributed by atoms with Gasteiger partial charge in [0.2, 0.25) is 0 Å². The fourth-order valence-corrected chi connectivity index (χ4v) is 0.835. The van der Waals surface area contributed by atoms with E-state index in [1.54, 1.807) is 6.07 Å². The normalized spacial score (nSPS) is 9.79. The third-order valence-electron chi connectivity index (χ3n) is 1.34. The number of hydrazine groups is 3. The van der Waals surface area contributed by atoms with Gasteiger partial charge in [-0.2, -0.15) is 8.42 Å². The van der Waals surface area contributed by atoms with Crippen LogP contribution in [-0.4, -0.2) is 27.6 Å². The predicted molar refractivity (Wildman–Crippen MR) is 60.2 cm³/mol. The molecular weight excluding hydrogens is 288 g/mol. The Bertz CT molecular complexity index is 523. The highest BCUT2D eigenvalue weighted by atomic mass is 32.3. The molecule has 12 nitrogen and oxygen atoms in total. The molecule has 1 aromatic carbocycles. The molecule has 13 heteroatoms. The second-order valence-electron chi connectivity index (χ2n) is 2.69. The van der Waals surface area contributed by atoms with Gasteiger partial charge in [-0.15, -0.1) is 0 Å². The molecule has 1 aromatic rings. The molecule has 0 saturated heterocycles. The maximum Gasteiger partial charge on any atom is 0.394 e. The summed E-state index contributed by atoms with van der Waals surface area (Å²) in [6.07, 6.45) is 0. The van der Waals surface area contributed by atoms with Crippen molar-refractivity contribution in [2.75, 3.05) is 5.12 Å². The van der Waals surface area contributed by atoms with E-state index in [9.17, 15) is 20.2 Å². The molecule has 19 heavy (non-hydrogen) atoms. The van der Waals surface area contributed by atoms with Crippen LogP contribution in [0.3, 0.4) is 0 Å². The Hall–Kier alpha value is -2.51. The fraction of sp³-hybridized carbons (Fsp3) is 0. The van der Waals surface area contributed by atoms with E-state index in [-0.39, 0.29) is 10.8 Å². The molecule has 0 spiro atoms. The molecule has 0 amide bonds. The third kappa shape index (κ3) is 9.22. The number of nitro groups is 2. The Morgan fingerprint density at radius 2 is 1.53 bits per heavy atom. The Labute approximate surface area is 106 Å². The van der Waals surface area contributed by atoms with Gasteiger partial charge in [0.15, 0.2) is 10.1 Å². The van der Waals surface area contributed by atoms with Gasteiger partial charge in [-0.25, -0.2) is 20.2 Å². The molecule has 0 fully saturated rings. The number of rotatable bonds is 4. The minimum absolute atomic E-state index is 0.0780. The number of benzene rings is 1. The van der Waals surface area contributed by atoms with Crippen LogP contribution in [0.2, 0.25) is 0 Å². The van der Waals surface area contributed by atoms with Gasteiger partial charge in [-0.3, -0.25) is 9.11 Å². The Morgan fingerprint density at radius 3 is 1.84 bits per heavy atom. The van der Waals surface area contributed by atoms with Crippen molar-refractivity contribution in [3.05, 3.63) is 50.6 Å². The monoisotopic (exact) mass is 296 g/mol. The zero-order chi connectivity index (χ0) is 15.1. The van der Waals surface area contributed by atoms with E-state index in [0.29, 0.717) is 0 Å². The number of hydrogen-bond donors (Lipinski definition) is 3. The molecular formula is C6H8N4O8S. The molecule has 0 unspecified atom stereocenters. The number of para-hydroxylation sites is 1. The summed E-state index contributed by atoms with van der Waals surface area (Å²) in [5, 5.41) is 18.7. The van der Waals surface area contributed by atoms with E-state index in [0.717, 1.165) is 0 Å². The molecule has 106 valence electrons. The maximum atomic E-state index is 10.4. The molecule has 0 aliphatic rings. The van der Waals surface area contributed by atoms with Crippen LogP contribution in [0.5, 0.6) is 0 Å². The topological polar surface area (TPSA) is 176 Å². The largest absolute Gasteiger partial charge is 0.394 e. The highest BCUT2D eigenvalue weighted by Crippen LogP contribution is 2.10. The molecule has 0 bridgehead atoms. The van der Waals surface area contributed by atoms with E-state index in [1.165, 1.54) is 29.8 Å². The van der Waals surface area contributed by atoms with Gasteiger partial charge in [0, 0.05) is 5.53 Å². The van der Waals surface area contributed by atoms with Crippen LogP contribution in [0.1, 0.15) is 0 Å². The standard InChI is InChI=1S/C6H6N4O4.H2O4S/c11-9(12)7-8(10(13)14)6-4-2-1-3-5-6;1-5(2,3)4/h1-5,7H;(H2,1,2,3,4). The molecule has 3 N–H and O–H groups in total. The summed E-state index contributed by atoms with van der Waals surface area (Å²) < 4.78 is 31.6. The van der Waals surface area contributed by atoms with Crippen molar-refractivity contribution in [2.45, 2.75) is 0 Å². The molecule has 0 saturated carbocycles. The Morgan fingerprint density at radius 1 is 1.11 bits per heavy atom. The molecule has 1 rings (SSSR count). The summed E-state index contributed by atoms with van der Waals surface area (Å²) in [6, 6.07) is 7.47. The molecule has 0 radical (unpaired) electrons. The highest BCUT2D eigenvalue weighted by molar-refractivity contribution is 7.79. The quantitative estimate of drug-likeness (QED) is 0.380. The Kier molecular flexibility index (Phi) is 6.11. The number of nitrogens with one attached hydrogen (secondary N) is 1. The molecule has 0 aromatic heterocycles. The van der Waals surface area contributed by atoms with Gasteiger partial charge in [0.05, 0.1) is 5.12 Å². The van der Waals surface area contributed by atoms with E-state index in [1.807, 2.05) is 0 Å². The summed E-state index contributed by atoms with van der Waals surface area (Å²) in [6.45, 7) is 0. The van der Waals surface area contributed by atoms with Crippen molar-refractivity contribution >= 4 is 16.1 Å². The first-order valence-electron chi connectivity index (χ1n) is 4.21. The summed E-state index contributed by atoms with van der Waals surface area (Å²) >= 11 is 0. The SMILES string of the molecule is O=S(=O)(O)O.O=[N+]([O-])NN(c1ccccc1)[N+](=O)[O-]. The van der Waals surface area contributed by atoms with Gasteiger partial charge < -0.3 is 0 Å². The van der Waals surface area contributed by atoms with E-state index in [2.05, 4.69) is 0 Å². The van der Waals surface area contributed by atoms with Gasteiger partial charge in [0.25, 0.3) is 0 Å². The summed E-state index contributed by atoms with van der Waals surface area (Å²) in [5.74, 6) is 0. The van der Waals surface area contributed by atoms with Gasteiger partial charge in [0.1, 0.15) is 5.69 Å². The van der Waals surface area contributed by atoms with Crippen molar-refractivity contribution in [2.24, 2.45) is 0 Å². The first-order valence-corrected chi connectivity index (χ1v) is 5.61. The van der Waals surface area contributed by atoms with Gasteiger partial charge in [-0.05, 0) is 12.1 Å². The van der Waals surface area contributed by atoms with Crippen LogP contribution in [0.4, 0.5) is 5.69 Å². The second-order valence-corrected chi connectivity index (χ2v) is 3.59. The summed E-state index contributed by atoms with van der Waals surface area (Å²) in [7, 11) is -4.67. The number of nitrogens with zero attached hydrogens (tertiary/aromatic N) is 3. The van der Waals surface area contributed by atoms with Crippen LogP contribution in [-0.2, 0) is 10.4 Å². The lowest BCUT2D eigenvalue weighted by molar-refractivity contribution is -0.620. The third-order valence-corrected chi connectivity index (χ3v) is 1.34. The maximum absolute atomic E-state index is 10.4. The van der Waals surface area contributed by atoms with Crippen molar-refractivity contribution < 1.29 is 27.6 Å². The van der Waals surface area contributed by atoms with Crippen molar-refractivity contribution in [1.29, 1.82) is 0 Å². The Balaban J connectivity index is 0.000000555. The lowest BCUT2D eigenvalue weighted by Crippen LogP contribution is -2.45. The molecule has 0 atom stereocenters. The smallest absolute Gasteiger partial charge is 0.264 e. The minimum atomic E-state index is -4.67. The summed E-state index contributed by atoms with van der Waals surface area (Å²) in [5.41, 5.74) is 1.53. The highest BCUT2D eigenvalue weighted by Gasteiger charge is 2.21. The molecule has 0 heterocycles. The number of anilines is 1. The first-order chi connectivity index (χ1) is 8.61. The van der Waals surface area contributed by atoms with Crippen molar-refractivity contribution in [3.63, 3.8) is 0 Å². The average molecular weight is 296 g/mol. The predicted octanol–water partition coefficient (Wildman–Crippen LogP) is -0.272. The van der Waals surface area contributed by atoms with Crippen molar-refractivity contribution in [1.82, 2.24) is 5.53 Å². The minimum Gasteiger partial charge on any atom is -0.264 e. The van der Waals surface area contributed by atoms with E-state index in [4.69, 9.17) is 17.5 Å². The summed E-state index contributed by atoms with van der Waals surface area (Å²) in [4.78, 5) is 20.4. The van der Waals surface area contributed by atoms with E-state index < -0.39 is 20.5 Å². The second kappa shape index (κ2) is 7.04. The lowest BCUT2D eigenvalue weighted by atomic mass is 10.3. The number of hydrogen-bond acceptors (Lipinski definition) is 6. The van der Waals surface area contributed by atoms with Crippen LogP contribution in [0.15, 0.2) is 30.3 Å². The zero-order valence-electron chi connectivity index (χ0n) is 8.98. The fourth-order valence-electron chi connectivity index (χ4n) is 0.835. The lowest BCUT2D eigenvalue weighted by Gasteiger charge is -2.08. The van der Waals surface area contributed by atoms with Crippen LogP contribution >= 0.6 is 0 Å². The van der Waals surface area contributed by atoms with Gasteiger partial charge >= 0.3 is 10.4 Å². The van der Waals surface area contributed by atoms with Crippen molar-refractivity contribution in [3.8, 4) is 0 Å². The van der Waals surface area contributed by atoms with E-state index >= 15 is 0 Å².